The first-order chi connectivity index (χ1) is 8.63. The Balaban J connectivity index is 2.25. The highest BCUT2D eigenvalue weighted by atomic mass is 32.1. The molecule has 2 N–H and O–H groups in total. The fraction of sp³-hybridized carbons (Fsp3) is 0.308. The van der Waals surface area contributed by atoms with Gasteiger partial charge in [-0.25, -0.2) is 13.8 Å². The summed E-state index contributed by atoms with van der Waals surface area (Å²) >= 11 is 1.50. The quantitative estimate of drug-likeness (QED) is 0.925. The molecule has 0 radical (unpaired) electrons. The molecule has 0 aliphatic heterocycles. The van der Waals surface area contributed by atoms with Crippen LogP contribution < -0.4 is 5.73 Å². The number of hydrogen-bond acceptors (Lipinski definition) is 3. The molecule has 0 atom stereocenters. The van der Waals surface area contributed by atoms with Crippen molar-refractivity contribution in [2.45, 2.75) is 26.3 Å². The Morgan fingerprint density at radius 1 is 1.33 bits per heavy atom. The molecule has 0 saturated carbocycles. The van der Waals surface area contributed by atoms with Crippen molar-refractivity contribution in [2.24, 2.45) is 5.73 Å². The van der Waals surface area contributed by atoms with Gasteiger partial charge in [0, 0.05) is 23.9 Å². The number of hydrogen-bond donors (Lipinski definition) is 1. The van der Waals surface area contributed by atoms with Crippen LogP contribution in [0.5, 0.6) is 0 Å². The van der Waals surface area contributed by atoms with E-state index in [1.165, 1.54) is 23.5 Å². The first kappa shape index (κ1) is 13.1. The Morgan fingerprint density at radius 3 is 2.67 bits per heavy atom. The Bertz CT molecular complexity index is 530. The van der Waals surface area contributed by atoms with E-state index in [-0.39, 0.29) is 0 Å². The van der Waals surface area contributed by atoms with Crippen LogP contribution in [0, 0.1) is 11.6 Å². The zero-order valence-corrected chi connectivity index (χ0v) is 10.9. The molecule has 0 fully saturated rings. The van der Waals surface area contributed by atoms with Crippen LogP contribution >= 0.6 is 11.3 Å². The van der Waals surface area contributed by atoms with Gasteiger partial charge in [0.25, 0.3) is 0 Å². The molecule has 96 valence electrons. The van der Waals surface area contributed by atoms with Gasteiger partial charge in [-0.15, -0.1) is 11.3 Å². The lowest BCUT2D eigenvalue weighted by molar-refractivity contribution is 0.574. The van der Waals surface area contributed by atoms with Crippen LogP contribution in [0.3, 0.4) is 0 Å². The Morgan fingerprint density at radius 2 is 2.11 bits per heavy atom. The second-order valence-corrected chi connectivity index (χ2v) is 5.12. The monoisotopic (exact) mass is 268 g/mol. The van der Waals surface area contributed by atoms with Gasteiger partial charge < -0.3 is 5.73 Å². The third-order valence-corrected chi connectivity index (χ3v) is 3.82. The molecule has 0 aliphatic carbocycles. The summed E-state index contributed by atoms with van der Waals surface area (Å²) in [6.45, 7) is 2.46. The fourth-order valence-electron chi connectivity index (χ4n) is 1.78. The van der Waals surface area contributed by atoms with Gasteiger partial charge >= 0.3 is 0 Å². The van der Waals surface area contributed by atoms with Crippen molar-refractivity contribution in [3.8, 4) is 0 Å². The van der Waals surface area contributed by atoms with Gasteiger partial charge in [0.05, 0.1) is 10.7 Å². The molecule has 1 heterocycles. The minimum Gasteiger partial charge on any atom is -0.326 e. The number of benzene rings is 1. The average molecular weight is 268 g/mol. The maximum atomic E-state index is 13.5. The molecule has 0 aliphatic rings. The molecule has 0 amide bonds. The summed E-state index contributed by atoms with van der Waals surface area (Å²) in [5, 5.41) is 0.817. The number of halogens is 2. The highest BCUT2D eigenvalue weighted by Gasteiger charge is 2.11. The molecule has 5 heteroatoms. The van der Waals surface area contributed by atoms with Crippen LogP contribution in [-0.4, -0.2) is 4.98 Å². The molecule has 0 saturated heterocycles. The second-order valence-electron chi connectivity index (χ2n) is 3.95. The summed E-state index contributed by atoms with van der Waals surface area (Å²) in [7, 11) is 0. The molecule has 0 spiro atoms. The number of aromatic nitrogens is 1. The Kier molecular flexibility index (Phi) is 4.04. The van der Waals surface area contributed by atoms with Gasteiger partial charge in [-0.2, -0.15) is 0 Å². The van der Waals surface area contributed by atoms with Gasteiger partial charge in [0.15, 0.2) is 0 Å². The van der Waals surface area contributed by atoms with E-state index >= 15 is 0 Å². The molecule has 0 unspecified atom stereocenters. The number of rotatable bonds is 4. The van der Waals surface area contributed by atoms with Crippen molar-refractivity contribution in [3.05, 3.63) is 51.0 Å². The topological polar surface area (TPSA) is 38.9 Å². The van der Waals surface area contributed by atoms with Crippen molar-refractivity contribution in [1.29, 1.82) is 0 Å². The average Bonchev–Trinajstić information content (AvgIpc) is 2.75. The first-order valence-electron chi connectivity index (χ1n) is 5.75. The molecule has 18 heavy (non-hydrogen) atoms. The summed E-state index contributed by atoms with van der Waals surface area (Å²) in [6, 6.07) is 3.61. The van der Waals surface area contributed by atoms with Crippen molar-refractivity contribution in [2.75, 3.05) is 0 Å². The smallest absolute Gasteiger partial charge is 0.129 e. The summed E-state index contributed by atoms with van der Waals surface area (Å²) in [5.74, 6) is -1.09. The van der Waals surface area contributed by atoms with Gasteiger partial charge in [0.2, 0.25) is 0 Å². The minimum absolute atomic E-state index is 0.379. The summed E-state index contributed by atoms with van der Waals surface area (Å²) in [4.78, 5) is 5.47. The van der Waals surface area contributed by atoms with Gasteiger partial charge in [-0.1, -0.05) is 13.0 Å². The molecule has 2 aromatic rings. The van der Waals surface area contributed by atoms with Gasteiger partial charge in [0.1, 0.15) is 11.6 Å². The number of aryl methyl sites for hydroxylation is 1. The van der Waals surface area contributed by atoms with Gasteiger partial charge in [-0.05, 0) is 18.1 Å². The highest BCUT2D eigenvalue weighted by molar-refractivity contribution is 7.11. The van der Waals surface area contributed by atoms with Crippen LogP contribution in [0.15, 0.2) is 18.2 Å². The number of thiazole rings is 1. The van der Waals surface area contributed by atoms with E-state index in [9.17, 15) is 8.78 Å². The standard InChI is InChI=1S/C13H14F2N2S/c1-2-11-12(7-16)18-13(17-11)5-8-3-4-9(14)6-10(8)15/h3-4,6H,2,5,7,16H2,1H3. The van der Waals surface area contributed by atoms with Gasteiger partial charge in [-0.3, -0.25) is 0 Å². The molecular weight excluding hydrogens is 254 g/mol. The second kappa shape index (κ2) is 5.54. The van der Waals surface area contributed by atoms with Crippen LogP contribution in [0.4, 0.5) is 8.78 Å². The number of nitrogens with zero attached hydrogens (tertiary/aromatic N) is 1. The predicted molar refractivity (Wildman–Crippen MR) is 68.5 cm³/mol. The zero-order valence-electron chi connectivity index (χ0n) is 10.0. The SMILES string of the molecule is CCc1nc(Cc2ccc(F)cc2F)sc1CN. The first-order valence-corrected chi connectivity index (χ1v) is 6.57. The third kappa shape index (κ3) is 2.73. The summed E-state index contributed by atoms with van der Waals surface area (Å²) in [6.07, 6.45) is 1.19. The lowest BCUT2D eigenvalue weighted by Gasteiger charge is -2.00. The molecule has 1 aromatic heterocycles. The van der Waals surface area contributed by atoms with Crippen molar-refractivity contribution < 1.29 is 8.78 Å². The van der Waals surface area contributed by atoms with Crippen molar-refractivity contribution in [1.82, 2.24) is 4.98 Å². The van der Waals surface area contributed by atoms with Crippen LogP contribution in [0.25, 0.3) is 0 Å². The van der Waals surface area contributed by atoms with Crippen LogP contribution in [-0.2, 0) is 19.4 Å². The molecule has 2 nitrogen and oxygen atoms in total. The lowest BCUT2D eigenvalue weighted by atomic mass is 10.1. The van der Waals surface area contributed by atoms with E-state index in [1.54, 1.807) is 0 Å². The van der Waals surface area contributed by atoms with E-state index in [1.807, 2.05) is 6.92 Å². The Hall–Kier alpha value is -1.33. The van der Waals surface area contributed by atoms with E-state index in [0.717, 1.165) is 28.1 Å². The Labute approximate surface area is 108 Å². The van der Waals surface area contributed by atoms with Crippen LogP contribution in [0.2, 0.25) is 0 Å². The fourth-order valence-corrected chi connectivity index (χ4v) is 2.84. The zero-order chi connectivity index (χ0) is 13.1. The molecule has 2 rings (SSSR count). The van der Waals surface area contributed by atoms with E-state index in [2.05, 4.69) is 4.98 Å². The minimum atomic E-state index is -0.563. The van der Waals surface area contributed by atoms with Crippen molar-refractivity contribution >= 4 is 11.3 Å². The third-order valence-electron chi connectivity index (χ3n) is 2.70. The molecule has 1 aromatic carbocycles. The maximum absolute atomic E-state index is 13.5. The van der Waals surface area contributed by atoms with E-state index < -0.39 is 11.6 Å². The van der Waals surface area contributed by atoms with Crippen LogP contribution in [0.1, 0.15) is 28.1 Å². The normalized spacial score (nSPS) is 10.9. The highest BCUT2D eigenvalue weighted by Crippen LogP contribution is 2.22. The van der Waals surface area contributed by atoms with E-state index in [0.29, 0.717) is 18.5 Å². The van der Waals surface area contributed by atoms with E-state index in [4.69, 9.17) is 5.73 Å². The number of nitrogens with two attached hydrogens (primary N) is 1. The predicted octanol–water partition coefficient (Wildman–Crippen LogP) is 3.03. The summed E-state index contributed by atoms with van der Waals surface area (Å²) in [5.41, 5.74) is 7.06. The molecular formula is C13H14F2N2S. The summed E-state index contributed by atoms with van der Waals surface area (Å²) < 4.78 is 26.3. The molecule has 0 bridgehead atoms. The lowest BCUT2D eigenvalue weighted by Crippen LogP contribution is -1.97. The van der Waals surface area contributed by atoms with Crippen molar-refractivity contribution in [3.63, 3.8) is 0 Å². The maximum Gasteiger partial charge on any atom is 0.129 e. The largest absolute Gasteiger partial charge is 0.326 e.